The summed E-state index contributed by atoms with van der Waals surface area (Å²) < 4.78 is 5.25. The minimum Gasteiger partial charge on any atom is -0.460 e. The van der Waals surface area contributed by atoms with Gasteiger partial charge in [-0.05, 0) is 24.5 Å². The number of ether oxygens (including phenoxy) is 1. The number of fused-ring (bicyclic) bond motifs is 1. The lowest BCUT2D eigenvalue weighted by Crippen LogP contribution is -2.10. The smallest absolute Gasteiger partial charge is 0.310 e. The summed E-state index contributed by atoms with van der Waals surface area (Å²) in [7, 11) is 0. The van der Waals surface area contributed by atoms with Gasteiger partial charge in [0, 0.05) is 27.5 Å². The Labute approximate surface area is 164 Å². The average molecular weight is 403 g/mol. The molecule has 1 aromatic heterocycles. The molecule has 138 valence electrons. The lowest BCUT2D eigenvalue weighted by atomic mass is 10.1. The molecule has 3 aromatic rings. The van der Waals surface area contributed by atoms with Gasteiger partial charge in [-0.25, -0.2) is 4.98 Å². The minimum atomic E-state index is -0.571. The first-order valence-electron chi connectivity index (χ1n) is 7.99. The number of halogens is 1. The van der Waals surface area contributed by atoms with Crippen LogP contribution in [0.5, 0.6) is 0 Å². The molecular weight excluding hydrogens is 388 g/mol. The second-order valence-corrected chi connectivity index (χ2v) is 6.96. The van der Waals surface area contributed by atoms with Crippen molar-refractivity contribution in [3.05, 3.63) is 74.9 Å². The van der Waals surface area contributed by atoms with Crippen LogP contribution in [0.1, 0.15) is 11.1 Å². The Hall–Kier alpha value is -2.64. The van der Waals surface area contributed by atoms with Crippen LogP contribution in [0.15, 0.2) is 53.4 Å². The highest BCUT2D eigenvalue weighted by Gasteiger charge is 2.17. The van der Waals surface area contributed by atoms with E-state index in [0.29, 0.717) is 11.1 Å². The van der Waals surface area contributed by atoms with Crippen LogP contribution in [-0.4, -0.2) is 22.1 Å². The minimum absolute atomic E-state index is 0.0501. The summed E-state index contributed by atoms with van der Waals surface area (Å²) in [5.74, 6) is -0.571. The van der Waals surface area contributed by atoms with Crippen LogP contribution < -0.4 is 0 Å². The Morgan fingerprint density at radius 1 is 1.22 bits per heavy atom. The summed E-state index contributed by atoms with van der Waals surface area (Å²) in [5.41, 5.74) is 1.54. The summed E-state index contributed by atoms with van der Waals surface area (Å²) in [5, 5.41) is 12.2. The summed E-state index contributed by atoms with van der Waals surface area (Å²) in [4.78, 5) is 28.0. The number of rotatable bonds is 6. The highest BCUT2D eigenvalue weighted by atomic mass is 35.5. The van der Waals surface area contributed by atoms with Crippen molar-refractivity contribution >= 4 is 45.9 Å². The molecule has 0 aliphatic carbocycles. The number of aromatic nitrogens is 1. The topological polar surface area (TPSA) is 82.3 Å². The quantitative estimate of drug-likeness (QED) is 0.193. The van der Waals surface area contributed by atoms with Gasteiger partial charge in [-0.15, -0.1) is 11.8 Å². The Kier molecular flexibility index (Phi) is 5.93. The average Bonchev–Trinajstić information content (AvgIpc) is 2.66. The van der Waals surface area contributed by atoms with Crippen LogP contribution >= 0.6 is 23.4 Å². The number of pyridine rings is 1. The molecule has 0 aliphatic heterocycles. The number of para-hydroxylation sites is 1. The monoisotopic (exact) mass is 402 g/mol. The second-order valence-electron chi connectivity index (χ2n) is 5.72. The van der Waals surface area contributed by atoms with E-state index in [-0.39, 0.29) is 23.9 Å². The third-order valence-corrected chi connectivity index (χ3v) is 5.02. The van der Waals surface area contributed by atoms with Crippen molar-refractivity contribution in [1.82, 2.24) is 4.98 Å². The van der Waals surface area contributed by atoms with Gasteiger partial charge in [0.05, 0.1) is 16.9 Å². The summed E-state index contributed by atoms with van der Waals surface area (Å²) >= 11 is 7.82. The molecule has 0 saturated carbocycles. The lowest BCUT2D eigenvalue weighted by Gasteiger charge is -2.09. The van der Waals surface area contributed by atoms with Crippen LogP contribution in [0, 0.1) is 10.1 Å². The maximum atomic E-state index is 12.1. The highest BCUT2D eigenvalue weighted by Crippen LogP contribution is 2.25. The van der Waals surface area contributed by atoms with E-state index in [1.165, 1.54) is 12.1 Å². The van der Waals surface area contributed by atoms with Crippen molar-refractivity contribution in [3.63, 3.8) is 0 Å². The molecule has 0 saturated heterocycles. The van der Waals surface area contributed by atoms with Crippen molar-refractivity contribution in [2.75, 3.05) is 6.26 Å². The Morgan fingerprint density at radius 2 is 2.00 bits per heavy atom. The Bertz CT molecular complexity index is 1030. The van der Waals surface area contributed by atoms with Gasteiger partial charge in [-0.1, -0.05) is 35.9 Å². The van der Waals surface area contributed by atoms with E-state index in [0.717, 1.165) is 15.8 Å². The molecule has 0 N–H and O–H groups in total. The molecule has 3 rings (SSSR count). The highest BCUT2D eigenvalue weighted by molar-refractivity contribution is 7.98. The zero-order valence-corrected chi connectivity index (χ0v) is 15.9. The first-order chi connectivity index (χ1) is 13.0. The molecule has 2 aromatic carbocycles. The molecule has 0 radical (unpaired) electrons. The maximum Gasteiger partial charge on any atom is 0.310 e. The fraction of sp³-hybridized carbons (Fsp3) is 0.158. The number of esters is 1. The van der Waals surface area contributed by atoms with Crippen LogP contribution in [-0.2, 0) is 22.6 Å². The molecule has 0 atom stereocenters. The van der Waals surface area contributed by atoms with Crippen LogP contribution in [0.2, 0.25) is 5.15 Å². The number of nitro benzene ring substituents is 1. The molecule has 0 bridgehead atoms. The number of nitrogens with zero attached hydrogens (tertiary/aromatic N) is 2. The van der Waals surface area contributed by atoms with E-state index in [1.54, 1.807) is 23.9 Å². The van der Waals surface area contributed by atoms with Crippen LogP contribution in [0.4, 0.5) is 5.69 Å². The first-order valence-corrected chi connectivity index (χ1v) is 9.59. The molecule has 0 fully saturated rings. The van der Waals surface area contributed by atoms with Crippen molar-refractivity contribution in [2.24, 2.45) is 0 Å². The molecule has 0 aliphatic rings. The predicted molar refractivity (Wildman–Crippen MR) is 105 cm³/mol. The van der Waals surface area contributed by atoms with Gasteiger partial charge in [0.1, 0.15) is 11.8 Å². The number of hydrogen-bond acceptors (Lipinski definition) is 6. The number of hydrogen-bond donors (Lipinski definition) is 0. The van der Waals surface area contributed by atoms with Crippen molar-refractivity contribution in [2.45, 2.75) is 17.9 Å². The van der Waals surface area contributed by atoms with E-state index >= 15 is 0 Å². The third-order valence-electron chi connectivity index (χ3n) is 3.96. The summed E-state index contributed by atoms with van der Waals surface area (Å²) in [6.07, 6.45) is 1.79. The van der Waals surface area contributed by atoms with Gasteiger partial charge in [-0.3, -0.25) is 14.9 Å². The van der Waals surface area contributed by atoms with Gasteiger partial charge < -0.3 is 4.74 Å². The zero-order chi connectivity index (χ0) is 19.4. The van der Waals surface area contributed by atoms with E-state index in [4.69, 9.17) is 16.3 Å². The van der Waals surface area contributed by atoms with Gasteiger partial charge in [0.25, 0.3) is 5.69 Å². The molecule has 27 heavy (non-hydrogen) atoms. The Morgan fingerprint density at radius 3 is 2.74 bits per heavy atom. The molecular formula is C19H15ClN2O4S. The largest absolute Gasteiger partial charge is 0.460 e. The predicted octanol–water partition coefficient (Wildman–Crippen LogP) is 4.80. The van der Waals surface area contributed by atoms with Crippen molar-refractivity contribution in [1.29, 1.82) is 0 Å². The lowest BCUT2D eigenvalue weighted by molar-refractivity contribution is -0.385. The Balaban J connectivity index is 1.72. The molecule has 0 unspecified atom stereocenters. The second kappa shape index (κ2) is 8.37. The summed E-state index contributed by atoms with van der Waals surface area (Å²) in [6, 6.07) is 13.8. The van der Waals surface area contributed by atoms with Gasteiger partial charge in [0.2, 0.25) is 0 Å². The van der Waals surface area contributed by atoms with E-state index < -0.39 is 10.9 Å². The number of benzene rings is 2. The molecule has 1 heterocycles. The zero-order valence-electron chi connectivity index (χ0n) is 14.3. The molecule has 6 nitrogen and oxygen atoms in total. The molecule has 0 amide bonds. The first kappa shape index (κ1) is 19.1. The molecule has 0 spiro atoms. The van der Waals surface area contributed by atoms with Crippen LogP contribution in [0.3, 0.4) is 0 Å². The van der Waals surface area contributed by atoms with E-state index in [2.05, 4.69) is 4.98 Å². The fourth-order valence-electron chi connectivity index (χ4n) is 2.60. The number of nitro groups is 1. The fourth-order valence-corrected chi connectivity index (χ4v) is 3.23. The number of thioether (sulfide) groups is 1. The van der Waals surface area contributed by atoms with Crippen molar-refractivity contribution < 1.29 is 14.5 Å². The summed E-state index contributed by atoms with van der Waals surface area (Å²) in [6.45, 7) is -0.0501. The number of carbonyl (C=O) groups excluding carboxylic acids is 1. The van der Waals surface area contributed by atoms with Gasteiger partial charge in [-0.2, -0.15) is 0 Å². The molecule has 8 heteroatoms. The standard InChI is InChI=1S/C19H15ClN2O4S/c1-27-15-7-6-12-8-14(19(20)21-16(12)10-15)11-26-18(23)9-13-4-2-3-5-17(13)22(24)25/h2-8,10H,9,11H2,1H3. The van der Waals surface area contributed by atoms with Gasteiger partial charge in [0.15, 0.2) is 0 Å². The maximum absolute atomic E-state index is 12.1. The normalized spacial score (nSPS) is 10.7. The van der Waals surface area contributed by atoms with E-state index in [1.807, 2.05) is 30.5 Å². The van der Waals surface area contributed by atoms with Crippen LogP contribution in [0.25, 0.3) is 10.9 Å². The van der Waals surface area contributed by atoms with Gasteiger partial charge >= 0.3 is 5.97 Å². The SMILES string of the molecule is CSc1ccc2cc(COC(=O)Cc3ccccc3[N+](=O)[O-])c(Cl)nc2c1. The van der Waals surface area contributed by atoms with E-state index in [9.17, 15) is 14.9 Å². The number of carbonyl (C=O) groups is 1. The third kappa shape index (κ3) is 4.56. The van der Waals surface area contributed by atoms with Crippen molar-refractivity contribution in [3.8, 4) is 0 Å².